The number of nitrogens with zero attached hydrogens (tertiary/aromatic N) is 1. The fraction of sp³-hybridized carbons (Fsp3) is 1.00. The Morgan fingerprint density at radius 1 is 0.184 bits per heavy atom. The van der Waals surface area contributed by atoms with Crippen molar-refractivity contribution in [1.82, 2.24) is 0 Å². The average molecular weight is 691 g/mol. The molecule has 0 aromatic rings. The van der Waals surface area contributed by atoms with E-state index in [0.29, 0.717) is 0 Å². The Hall–Kier alpha value is -0.0400. The molecule has 0 aromatic heterocycles. The summed E-state index contributed by atoms with van der Waals surface area (Å²) in [6.45, 7) is 7.40. The van der Waals surface area contributed by atoms with Crippen LogP contribution < -0.4 is 0 Å². The molecule has 0 heterocycles. The monoisotopic (exact) mass is 691 g/mol. The van der Waals surface area contributed by atoms with Gasteiger partial charge in [-0.2, -0.15) is 0 Å². The number of hydrogen-bond acceptors (Lipinski definition) is 0. The van der Waals surface area contributed by atoms with E-state index in [1.54, 1.807) is 0 Å². The van der Waals surface area contributed by atoms with E-state index in [-0.39, 0.29) is 0 Å². The van der Waals surface area contributed by atoms with Crippen molar-refractivity contribution in [2.45, 2.75) is 284 Å². The second-order valence-corrected chi connectivity index (χ2v) is 17.5. The predicted octanol–water partition coefficient (Wildman–Crippen LogP) is 17.5. The second kappa shape index (κ2) is 42.4. The summed E-state index contributed by atoms with van der Waals surface area (Å²) in [6, 6.07) is 0. The van der Waals surface area contributed by atoms with Crippen molar-refractivity contribution >= 4 is 0 Å². The first kappa shape index (κ1) is 49.0. The highest BCUT2D eigenvalue weighted by atomic mass is 15.3. The van der Waals surface area contributed by atoms with Crippen LogP contribution in [0.25, 0.3) is 0 Å². The highest BCUT2D eigenvalue weighted by molar-refractivity contribution is 4.53. The molecule has 0 aliphatic carbocycles. The molecule has 0 fully saturated rings. The zero-order valence-corrected chi connectivity index (χ0v) is 35.6. The van der Waals surface area contributed by atoms with Gasteiger partial charge in [-0.3, -0.25) is 0 Å². The van der Waals surface area contributed by atoms with Gasteiger partial charge in [-0.05, 0) is 25.7 Å². The van der Waals surface area contributed by atoms with E-state index in [1.165, 1.54) is 287 Å². The molecule has 0 aliphatic rings. The maximum absolute atomic E-state index is 2.48. The molecule has 0 aliphatic heterocycles. The van der Waals surface area contributed by atoms with Crippen LogP contribution >= 0.6 is 0 Å². The summed E-state index contributed by atoms with van der Waals surface area (Å²) in [5.41, 5.74) is 0. The molecule has 0 N–H and O–H groups in total. The van der Waals surface area contributed by atoms with Crippen molar-refractivity contribution < 1.29 is 4.48 Å². The van der Waals surface area contributed by atoms with Gasteiger partial charge in [-0.25, -0.2) is 0 Å². The summed E-state index contributed by atoms with van der Waals surface area (Å²) < 4.78 is 1.25. The molecule has 0 saturated heterocycles. The van der Waals surface area contributed by atoms with Crippen LogP contribution in [-0.2, 0) is 0 Å². The van der Waals surface area contributed by atoms with Crippen LogP contribution in [0.1, 0.15) is 284 Å². The minimum atomic E-state index is 1.25. The Morgan fingerprint density at radius 3 is 0.449 bits per heavy atom. The normalized spacial score (nSPS) is 12.0. The van der Waals surface area contributed by atoms with Crippen LogP contribution in [0.15, 0.2) is 0 Å². The lowest BCUT2D eigenvalue weighted by Crippen LogP contribution is -2.41. The molecule has 0 bridgehead atoms. The molecule has 0 rings (SSSR count). The van der Waals surface area contributed by atoms with E-state index < -0.39 is 0 Å². The first-order valence-corrected chi connectivity index (χ1v) is 23.9. The summed E-state index contributed by atoms with van der Waals surface area (Å²) >= 11 is 0. The summed E-state index contributed by atoms with van der Waals surface area (Å²) in [6.07, 6.45) is 61.9. The Morgan fingerprint density at radius 2 is 0.306 bits per heavy atom. The van der Waals surface area contributed by atoms with Crippen LogP contribution in [0, 0.1) is 0 Å². The van der Waals surface area contributed by atoms with E-state index in [1.807, 2.05) is 0 Å². The average Bonchev–Trinajstić information content (AvgIpc) is 3.09. The van der Waals surface area contributed by atoms with E-state index in [9.17, 15) is 0 Å². The summed E-state index contributed by atoms with van der Waals surface area (Å²) in [5, 5.41) is 0. The number of rotatable bonds is 44. The quantitative estimate of drug-likeness (QED) is 0.0441. The third-order valence-corrected chi connectivity index (χ3v) is 11.7. The Bertz CT molecular complexity index is 519. The maximum Gasteiger partial charge on any atom is 0.0782 e. The fourth-order valence-corrected chi connectivity index (χ4v) is 8.06. The Labute approximate surface area is 314 Å². The molecule has 49 heavy (non-hydrogen) atoms. The van der Waals surface area contributed by atoms with Crippen LogP contribution in [0.3, 0.4) is 0 Å². The van der Waals surface area contributed by atoms with Crippen LogP contribution in [0.5, 0.6) is 0 Å². The van der Waals surface area contributed by atoms with E-state index in [0.717, 1.165) is 0 Å². The summed E-state index contributed by atoms with van der Waals surface area (Å²) in [5.74, 6) is 0. The van der Waals surface area contributed by atoms with Gasteiger partial charge in [0.05, 0.1) is 27.2 Å². The van der Waals surface area contributed by atoms with Gasteiger partial charge in [0.1, 0.15) is 0 Å². The largest absolute Gasteiger partial charge is 0.328 e. The first-order chi connectivity index (χ1) is 24.1. The lowest BCUT2D eigenvalue weighted by atomic mass is 10.0. The van der Waals surface area contributed by atoms with E-state index in [4.69, 9.17) is 0 Å². The molecule has 0 atom stereocenters. The molecule has 296 valence electrons. The third-order valence-electron chi connectivity index (χ3n) is 11.7. The van der Waals surface area contributed by atoms with Crippen molar-refractivity contribution in [3.8, 4) is 0 Å². The van der Waals surface area contributed by atoms with Gasteiger partial charge >= 0.3 is 0 Å². The van der Waals surface area contributed by atoms with Gasteiger partial charge in [0.15, 0.2) is 0 Å². The Kier molecular flexibility index (Phi) is 42.3. The first-order valence-electron chi connectivity index (χ1n) is 23.9. The molecular formula is C48H100N+. The van der Waals surface area contributed by atoms with Crippen molar-refractivity contribution in [3.05, 3.63) is 0 Å². The zero-order valence-electron chi connectivity index (χ0n) is 35.6. The molecule has 0 saturated carbocycles. The molecular weight excluding hydrogens is 591 g/mol. The standard InChI is InChI=1S/C48H100N/c1-5-7-9-11-13-15-17-19-21-23-25-27-29-31-33-35-37-39-41-43-45-47-49(3,4)48-46-44-42-40-38-36-34-32-30-28-26-24-22-20-18-16-14-12-10-8-6-2/h5-48H2,1-4H3/q+1. The van der Waals surface area contributed by atoms with E-state index in [2.05, 4.69) is 27.9 Å². The maximum atomic E-state index is 2.48. The Balaban J connectivity index is 3.24. The van der Waals surface area contributed by atoms with Gasteiger partial charge in [0.25, 0.3) is 0 Å². The molecule has 0 unspecified atom stereocenters. The lowest BCUT2D eigenvalue weighted by Gasteiger charge is -2.30. The lowest BCUT2D eigenvalue weighted by molar-refractivity contribution is -0.890. The van der Waals surface area contributed by atoms with Crippen molar-refractivity contribution in [1.29, 1.82) is 0 Å². The third kappa shape index (κ3) is 44.0. The summed E-state index contributed by atoms with van der Waals surface area (Å²) in [7, 11) is 4.96. The van der Waals surface area contributed by atoms with Gasteiger partial charge in [-0.15, -0.1) is 0 Å². The topological polar surface area (TPSA) is 0 Å². The number of unbranched alkanes of at least 4 members (excludes halogenated alkanes) is 40. The molecule has 0 amide bonds. The van der Waals surface area contributed by atoms with Crippen molar-refractivity contribution in [2.24, 2.45) is 0 Å². The summed E-state index contributed by atoms with van der Waals surface area (Å²) in [4.78, 5) is 0. The smallest absolute Gasteiger partial charge is 0.0782 e. The molecule has 1 nitrogen and oxygen atoms in total. The highest BCUT2D eigenvalue weighted by Crippen LogP contribution is 2.18. The predicted molar refractivity (Wildman–Crippen MR) is 227 cm³/mol. The van der Waals surface area contributed by atoms with Crippen LogP contribution in [-0.4, -0.2) is 31.7 Å². The molecule has 1 heteroatoms. The van der Waals surface area contributed by atoms with Crippen molar-refractivity contribution in [2.75, 3.05) is 27.2 Å². The van der Waals surface area contributed by atoms with Crippen LogP contribution in [0.2, 0.25) is 0 Å². The SMILES string of the molecule is CCCCCCCCCCCCCCCCCCCCCCC[N+](C)(C)CCCCCCCCCCCCCCCCCCCCCCC. The second-order valence-electron chi connectivity index (χ2n) is 17.5. The van der Waals surface area contributed by atoms with Gasteiger partial charge in [0.2, 0.25) is 0 Å². The molecule has 0 radical (unpaired) electrons. The van der Waals surface area contributed by atoms with Gasteiger partial charge in [-0.1, -0.05) is 258 Å². The van der Waals surface area contributed by atoms with Gasteiger partial charge in [0, 0.05) is 0 Å². The van der Waals surface area contributed by atoms with Crippen LogP contribution in [0.4, 0.5) is 0 Å². The number of hydrogen-bond donors (Lipinski definition) is 0. The van der Waals surface area contributed by atoms with Crippen molar-refractivity contribution in [3.63, 3.8) is 0 Å². The van der Waals surface area contributed by atoms with E-state index >= 15 is 0 Å². The zero-order chi connectivity index (χ0) is 35.6. The van der Waals surface area contributed by atoms with Gasteiger partial charge < -0.3 is 4.48 Å². The molecule has 0 aromatic carbocycles. The minimum Gasteiger partial charge on any atom is -0.328 e. The molecule has 0 spiro atoms. The minimum absolute atomic E-state index is 1.25. The number of quaternary nitrogens is 1. The highest BCUT2D eigenvalue weighted by Gasteiger charge is 2.13. The fourth-order valence-electron chi connectivity index (χ4n) is 8.06.